The summed E-state index contributed by atoms with van der Waals surface area (Å²) >= 11 is 1.90. The van der Waals surface area contributed by atoms with E-state index < -0.39 is 0 Å². The van der Waals surface area contributed by atoms with E-state index in [4.69, 9.17) is 0 Å². The highest BCUT2D eigenvalue weighted by Crippen LogP contribution is 2.48. The van der Waals surface area contributed by atoms with Gasteiger partial charge in [-0.15, -0.1) is 11.3 Å². The van der Waals surface area contributed by atoms with Gasteiger partial charge in [0, 0.05) is 32.4 Å². The molecule has 0 spiro atoms. The van der Waals surface area contributed by atoms with Crippen LogP contribution in [0.1, 0.15) is 71.6 Å². The van der Waals surface area contributed by atoms with Gasteiger partial charge in [-0.3, -0.25) is 0 Å². The molecule has 0 aliphatic heterocycles. The molecule has 1 unspecified atom stereocenters. The first-order valence-corrected chi connectivity index (χ1v) is 20.6. The van der Waals surface area contributed by atoms with Gasteiger partial charge in [-0.1, -0.05) is 176 Å². The van der Waals surface area contributed by atoms with Crippen LogP contribution in [0.4, 0.5) is 11.4 Å². The van der Waals surface area contributed by atoms with Crippen LogP contribution in [0.3, 0.4) is 0 Å². The van der Waals surface area contributed by atoms with Crippen LogP contribution in [0.5, 0.6) is 0 Å². The number of hydrogen-bond donors (Lipinski definition) is 0. The lowest BCUT2D eigenvalue weighted by Gasteiger charge is -2.33. The maximum absolute atomic E-state index is 2.56. The number of fused-ring (bicyclic) bond motifs is 5. The summed E-state index contributed by atoms with van der Waals surface area (Å²) in [5.74, 6) is 0.399. The average Bonchev–Trinajstić information content (AvgIpc) is 3.57. The number of rotatable bonds is 5. The molecular weight excluding hydrogens is 683 g/mol. The van der Waals surface area contributed by atoms with Gasteiger partial charge in [-0.2, -0.15) is 0 Å². The summed E-state index contributed by atoms with van der Waals surface area (Å²) in [7, 11) is 0. The largest absolute Gasteiger partial charge is 0.309 e. The molecule has 7 aromatic carbocycles. The molecule has 0 bridgehead atoms. The molecule has 0 amide bonds. The Morgan fingerprint density at radius 1 is 0.582 bits per heavy atom. The van der Waals surface area contributed by atoms with Gasteiger partial charge in [0.2, 0.25) is 0 Å². The zero-order valence-electron chi connectivity index (χ0n) is 33.1. The Bertz CT molecular complexity index is 2790. The summed E-state index contributed by atoms with van der Waals surface area (Å²) in [6, 6.07) is 52.5. The fourth-order valence-corrected chi connectivity index (χ4v) is 9.58. The van der Waals surface area contributed by atoms with Gasteiger partial charge in [-0.25, -0.2) is 0 Å². The van der Waals surface area contributed by atoms with Crippen molar-refractivity contribution in [2.24, 2.45) is 5.92 Å². The first-order valence-electron chi connectivity index (χ1n) is 19.7. The van der Waals surface area contributed by atoms with E-state index in [0.717, 1.165) is 6.42 Å². The van der Waals surface area contributed by atoms with Gasteiger partial charge < -0.3 is 4.90 Å². The smallest absolute Gasteiger partial charge is 0.0640 e. The normalized spacial score (nSPS) is 15.1. The molecule has 9 rings (SSSR count). The summed E-state index contributed by atoms with van der Waals surface area (Å²) < 4.78 is 2.62. The SMILES string of the molecule is CC1C=C(c2cccc3cccc(-c4cc(C(C)(C)C)cc(C(C)(C)C)c4)c23)C(N(c2ccc3ccccc3c2)c2cccc3c2sc2ccccc23)=CC1. The van der Waals surface area contributed by atoms with E-state index in [0.29, 0.717) is 5.92 Å². The average molecular weight is 732 g/mol. The van der Waals surface area contributed by atoms with Crippen molar-refractivity contribution in [3.63, 3.8) is 0 Å². The van der Waals surface area contributed by atoms with Crippen LogP contribution in [0.15, 0.2) is 157 Å². The molecule has 0 saturated carbocycles. The van der Waals surface area contributed by atoms with E-state index >= 15 is 0 Å². The number of allylic oxidation sites excluding steroid dienone is 3. The van der Waals surface area contributed by atoms with E-state index in [1.165, 1.54) is 92.2 Å². The highest BCUT2D eigenvalue weighted by molar-refractivity contribution is 7.26. The van der Waals surface area contributed by atoms with Crippen LogP contribution in [0.2, 0.25) is 0 Å². The highest BCUT2D eigenvalue weighted by Gasteiger charge is 2.28. The second-order valence-corrected chi connectivity index (χ2v) is 18.6. The molecule has 1 heterocycles. The molecule has 0 fully saturated rings. The van der Waals surface area contributed by atoms with Gasteiger partial charge in [0.15, 0.2) is 0 Å². The molecule has 2 heteroatoms. The van der Waals surface area contributed by atoms with Gasteiger partial charge in [0.25, 0.3) is 0 Å². The molecule has 55 heavy (non-hydrogen) atoms. The molecule has 1 aliphatic rings. The van der Waals surface area contributed by atoms with E-state index in [9.17, 15) is 0 Å². The maximum Gasteiger partial charge on any atom is 0.0640 e. The van der Waals surface area contributed by atoms with Gasteiger partial charge in [0.1, 0.15) is 0 Å². The molecule has 0 N–H and O–H groups in total. The molecule has 1 aliphatic carbocycles. The van der Waals surface area contributed by atoms with Crippen LogP contribution in [0, 0.1) is 5.92 Å². The number of anilines is 2. The second-order valence-electron chi connectivity index (χ2n) is 17.5. The topological polar surface area (TPSA) is 3.24 Å². The van der Waals surface area contributed by atoms with Crippen molar-refractivity contribution in [2.75, 3.05) is 4.90 Å². The highest BCUT2D eigenvalue weighted by atomic mass is 32.1. The molecule has 8 aromatic rings. The Morgan fingerprint density at radius 3 is 1.96 bits per heavy atom. The summed E-state index contributed by atoms with van der Waals surface area (Å²) in [4.78, 5) is 2.56. The van der Waals surface area contributed by atoms with Crippen molar-refractivity contribution in [3.05, 3.63) is 174 Å². The Hall–Kier alpha value is -5.44. The van der Waals surface area contributed by atoms with Crippen molar-refractivity contribution in [1.29, 1.82) is 0 Å². The van der Waals surface area contributed by atoms with Crippen LogP contribution in [-0.4, -0.2) is 0 Å². The quantitative estimate of drug-likeness (QED) is 0.170. The van der Waals surface area contributed by atoms with Gasteiger partial charge >= 0.3 is 0 Å². The first kappa shape index (κ1) is 35.3. The minimum atomic E-state index is 0.0225. The van der Waals surface area contributed by atoms with Gasteiger partial charge in [-0.05, 0) is 96.8 Å². The third-order valence-electron chi connectivity index (χ3n) is 11.4. The van der Waals surface area contributed by atoms with Crippen molar-refractivity contribution in [2.45, 2.75) is 65.7 Å². The monoisotopic (exact) mass is 731 g/mol. The maximum atomic E-state index is 2.56. The molecule has 1 aromatic heterocycles. The van der Waals surface area contributed by atoms with Crippen LogP contribution < -0.4 is 4.90 Å². The number of benzene rings is 7. The fraction of sp³-hybridized carbons (Fsp3) is 0.208. The fourth-order valence-electron chi connectivity index (χ4n) is 8.37. The van der Waals surface area contributed by atoms with Gasteiger partial charge in [0.05, 0.1) is 10.4 Å². The predicted molar refractivity (Wildman–Crippen MR) is 242 cm³/mol. The Labute approximate surface area is 330 Å². The van der Waals surface area contributed by atoms with Crippen molar-refractivity contribution >= 4 is 70.0 Å². The number of nitrogens with zero attached hydrogens (tertiary/aromatic N) is 1. The summed E-state index contributed by atoms with van der Waals surface area (Å²) in [5, 5.41) is 7.68. The zero-order chi connectivity index (χ0) is 38.1. The van der Waals surface area contributed by atoms with E-state index in [2.05, 4.69) is 205 Å². The summed E-state index contributed by atoms with van der Waals surface area (Å²) in [6.07, 6.45) is 6.01. The lowest BCUT2D eigenvalue weighted by atomic mass is 9.78. The summed E-state index contributed by atoms with van der Waals surface area (Å²) in [5.41, 5.74) is 11.5. The lowest BCUT2D eigenvalue weighted by molar-refractivity contribution is 0.569. The summed E-state index contributed by atoms with van der Waals surface area (Å²) in [6.45, 7) is 16.3. The van der Waals surface area contributed by atoms with Crippen molar-refractivity contribution in [1.82, 2.24) is 0 Å². The minimum Gasteiger partial charge on any atom is -0.309 e. The number of thiophene rings is 1. The molecule has 0 saturated heterocycles. The van der Waals surface area contributed by atoms with Crippen molar-refractivity contribution < 1.29 is 0 Å². The Balaban J connectivity index is 1.31. The van der Waals surface area contributed by atoms with Crippen LogP contribution in [-0.2, 0) is 10.8 Å². The third kappa shape index (κ3) is 6.37. The molecule has 1 atom stereocenters. The van der Waals surface area contributed by atoms with E-state index in [1.807, 2.05) is 11.3 Å². The van der Waals surface area contributed by atoms with E-state index in [1.54, 1.807) is 0 Å². The van der Waals surface area contributed by atoms with Crippen LogP contribution in [0.25, 0.3) is 58.4 Å². The standard InChI is InChI=1S/C53H49NS/c1-34-25-28-47(54(41-27-26-35-15-8-9-16-37(35)32-41)48-23-14-22-45-43-19-10-11-24-49(43)55-51(45)48)46(29-34)44-21-13-18-36-17-12-20-42(50(36)44)38-30-39(52(2,3)4)33-40(31-38)53(5,6)7/h8-24,26-34H,25H2,1-7H3. The zero-order valence-corrected chi connectivity index (χ0v) is 33.9. The Morgan fingerprint density at radius 2 is 1.22 bits per heavy atom. The lowest BCUT2D eigenvalue weighted by Crippen LogP contribution is -2.20. The van der Waals surface area contributed by atoms with Crippen LogP contribution >= 0.6 is 11.3 Å². The Kier molecular flexibility index (Phi) is 8.59. The first-order chi connectivity index (χ1) is 26.4. The third-order valence-corrected chi connectivity index (χ3v) is 12.6. The van der Waals surface area contributed by atoms with Crippen molar-refractivity contribution in [3.8, 4) is 11.1 Å². The molecule has 0 radical (unpaired) electrons. The molecule has 1 nitrogen and oxygen atoms in total. The number of hydrogen-bond acceptors (Lipinski definition) is 2. The molecular formula is C53H49NS. The predicted octanol–water partition coefficient (Wildman–Crippen LogP) is 15.8. The minimum absolute atomic E-state index is 0.0225. The second kappa shape index (κ2) is 13.4. The molecule has 272 valence electrons. The van der Waals surface area contributed by atoms with E-state index in [-0.39, 0.29) is 10.8 Å².